The van der Waals surface area contributed by atoms with Crippen molar-refractivity contribution in [2.45, 2.75) is 37.8 Å². The Morgan fingerprint density at radius 2 is 1.94 bits per heavy atom. The van der Waals surface area contributed by atoms with E-state index in [1.54, 1.807) is 20.8 Å². The number of nitrogens with zero attached hydrogens (tertiary/aromatic N) is 1. The minimum atomic E-state index is -4.01. The molecule has 0 spiro atoms. The summed E-state index contributed by atoms with van der Waals surface area (Å²) in [5, 5.41) is -1.38. The molecule has 0 aliphatic carbocycles. The van der Waals surface area contributed by atoms with Gasteiger partial charge < -0.3 is 9.64 Å². The first-order valence-electron chi connectivity index (χ1n) is 5.06. The van der Waals surface area contributed by atoms with Gasteiger partial charge in [-0.3, -0.25) is 0 Å². The first-order chi connectivity index (χ1) is 7.50. The van der Waals surface area contributed by atoms with Gasteiger partial charge in [-0.25, -0.2) is 17.6 Å². The van der Waals surface area contributed by atoms with E-state index in [9.17, 15) is 17.6 Å². The summed E-state index contributed by atoms with van der Waals surface area (Å²) >= 11 is 0. The second-order valence-corrected chi connectivity index (χ2v) is 7.76. The number of alkyl halides is 1. The number of amides is 1. The molecule has 1 heterocycles. The summed E-state index contributed by atoms with van der Waals surface area (Å²) in [4.78, 5) is 12.6. The molecule has 1 rings (SSSR count). The summed E-state index contributed by atoms with van der Waals surface area (Å²) in [6.45, 7) is 4.42. The third-order valence-electron chi connectivity index (χ3n) is 2.21. The van der Waals surface area contributed by atoms with Crippen molar-refractivity contribution in [2.75, 3.05) is 13.1 Å². The molecule has 2 unspecified atom stereocenters. The maximum absolute atomic E-state index is 13.4. The monoisotopic (exact) mass is 287 g/mol. The van der Waals surface area contributed by atoms with Gasteiger partial charge in [0.2, 0.25) is 9.05 Å². The van der Waals surface area contributed by atoms with Crippen LogP contribution in [0.15, 0.2) is 0 Å². The summed E-state index contributed by atoms with van der Waals surface area (Å²) < 4.78 is 40.5. The molecular formula is C9H15ClFNO4S. The number of hydrogen-bond donors (Lipinski definition) is 0. The van der Waals surface area contributed by atoms with Gasteiger partial charge >= 0.3 is 6.09 Å². The lowest BCUT2D eigenvalue weighted by atomic mass is 10.2. The van der Waals surface area contributed by atoms with Gasteiger partial charge in [0, 0.05) is 17.2 Å². The Kier molecular flexibility index (Phi) is 3.93. The minimum Gasteiger partial charge on any atom is -0.444 e. The van der Waals surface area contributed by atoms with Gasteiger partial charge in [-0.15, -0.1) is 0 Å². The molecule has 0 aromatic carbocycles. The molecule has 1 amide bonds. The van der Waals surface area contributed by atoms with Crippen molar-refractivity contribution in [2.24, 2.45) is 0 Å². The lowest BCUT2D eigenvalue weighted by Crippen LogP contribution is -2.36. The predicted molar refractivity (Wildman–Crippen MR) is 61.3 cm³/mol. The van der Waals surface area contributed by atoms with Crippen molar-refractivity contribution in [1.82, 2.24) is 4.90 Å². The average Bonchev–Trinajstić information content (AvgIpc) is 2.42. The Morgan fingerprint density at radius 3 is 2.29 bits per heavy atom. The average molecular weight is 288 g/mol. The molecule has 0 N–H and O–H groups in total. The number of hydrogen-bond acceptors (Lipinski definition) is 4. The Morgan fingerprint density at radius 1 is 1.41 bits per heavy atom. The van der Waals surface area contributed by atoms with Crippen molar-refractivity contribution in [3.05, 3.63) is 0 Å². The smallest absolute Gasteiger partial charge is 0.410 e. The third-order valence-corrected chi connectivity index (χ3v) is 4.07. The van der Waals surface area contributed by atoms with Gasteiger partial charge in [0.15, 0.2) is 0 Å². The zero-order chi connectivity index (χ0) is 13.4. The van der Waals surface area contributed by atoms with Crippen molar-refractivity contribution in [1.29, 1.82) is 0 Å². The van der Waals surface area contributed by atoms with E-state index in [4.69, 9.17) is 15.4 Å². The standard InChI is InChI=1S/C9H15ClFNO4S/c1-9(2,3)16-8(13)12-4-6(11)7(5-12)17(10,14)15/h6-7H,4-5H2,1-3H3. The SMILES string of the molecule is CC(C)(C)OC(=O)N1CC(F)C(S(=O)(=O)Cl)C1. The molecule has 0 saturated carbocycles. The van der Waals surface area contributed by atoms with Crippen LogP contribution in [-0.2, 0) is 13.8 Å². The zero-order valence-electron chi connectivity index (χ0n) is 9.81. The van der Waals surface area contributed by atoms with Crippen LogP contribution >= 0.6 is 10.7 Å². The van der Waals surface area contributed by atoms with E-state index in [0.29, 0.717) is 0 Å². The number of carbonyl (C=O) groups excluding carboxylic acids is 1. The van der Waals surface area contributed by atoms with E-state index >= 15 is 0 Å². The summed E-state index contributed by atoms with van der Waals surface area (Å²) in [5.74, 6) is 0. The number of likely N-dealkylation sites (tertiary alicyclic amines) is 1. The Labute approximate surface area is 104 Å². The maximum Gasteiger partial charge on any atom is 0.410 e. The predicted octanol–water partition coefficient (Wildman–Crippen LogP) is 1.51. The lowest BCUT2D eigenvalue weighted by Gasteiger charge is -2.24. The van der Waals surface area contributed by atoms with Crippen LogP contribution in [0.5, 0.6) is 0 Å². The molecular weight excluding hydrogens is 273 g/mol. The molecule has 1 saturated heterocycles. The molecule has 17 heavy (non-hydrogen) atoms. The molecule has 2 atom stereocenters. The number of ether oxygens (including phenoxy) is 1. The van der Waals surface area contributed by atoms with Gasteiger partial charge in [-0.1, -0.05) is 0 Å². The van der Waals surface area contributed by atoms with E-state index in [0.717, 1.165) is 4.90 Å². The van der Waals surface area contributed by atoms with E-state index in [1.807, 2.05) is 0 Å². The van der Waals surface area contributed by atoms with Crippen molar-refractivity contribution in [3.63, 3.8) is 0 Å². The van der Waals surface area contributed by atoms with Gasteiger partial charge in [0.25, 0.3) is 0 Å². The van der Waals surface area contributed by atoms with E-state index < -0.39 is 32.2 Å². The molecule has 5 nitrogen and oxygen atoms in total. The van der Waals surface area contributed by atoms with Gasteiger partial charge in [0.1, 0.15) is 17.0 Å². The first kappa shape index (κ1) is 14.5. The quantitative estimate of drug-likeness (QED) is 0.686. The molecule has 0 aromatic heterocycles. The van der Waals surface area contributed by atoms with Crippen LogP contribution in [0, 0.1) is 0 Å². The summed E-state index contributed by atoms with van der Waals surface area (Å²) in [6, 6.07) is 0. The topological polar surface area (TPSA) is 63.7 Å². The summed E-state index contributed by atoms with van der Waals surface area (Å²) in [6.07, 6.45) is -2.41. The molecule has 100 valence electrons. The summed E-state index contributed by atoms with van der Waals surface area (Å²) in [7, 11) is 1.08. The highest BCUT2D eigenvalue weighted by atomic mass is 35.7. The largest absolute Gasteiger partial charge is 0.444 e. The molecule has 0 radical (unpaired) electrons. The normalized spacial score (nSPS) is 26.1. The zero-order valence-corrected chi connectivity index (χ0v) is 11.4. The van der Waals surface area contributed by atoms with Crippen molar-refractivity contribution >= 4 is 25.8 Å². The molecule has 8 heteroatoms. The minimum absolute atomic E-state index is 0.276. The molecule has 1 aliphatic heterocycles. The van der Waals surface area contributed by atoms with Crippen LogP contribution in [0.1, 0.15) is 20.8 Å². The van der Waals surface area contributed by atoms with Crippen LogP contribution in [0.3, 0.4) is 0 Å². The van der Waals surface area contributed by atoms with Crippen LogP contribution < -0.4 is 0 Å². The second-order valence-electron chi connectivity index (χ2n) is 4.92. The van der Waals surface area contributed by atoms with E-state index in [-0.39, 0.29) is 13.1 Å². The van der Waals surface area contributed by atoms with Crippen LogP contribution in [0.2, 0.25) is 0 Å². The van der Waals surface area contributed by atoms with Crippen LogP contribution in [0.4, 0.5) is 9.18 Å². The van der Waals surface area contributed by atoms with Crippen molar-refractivity contribution in [3.8, 4) is 0 Å². The van der Waals surface area contributed by atoms with E-state index in [2.05, 4.69) is 0 Å². The van der Waals surface area contributed by atoms with Gasteiger partial charge in [-0.05, 0) is 20.8 Å². The Bertz CT molecular complexity index is 406. The van der Waals surface area contributed by atoms with Crippen LogP contribution in [-0.4, -0.2) is 49.5 Å². The highest BCUT2D eigenvalue weighted by Crippen LogP contribution is 2.24. The number of halogens is 2. The second kappa shape index (κ2) is 4.61. The number of carbonyl (C=O) groups is 1. The molecule has 1 aliphatic rings. The fourth-order valence-electron chi connectivity index (χ4n) is 1.48. The van der Waals surface area contributed by atoms with Crippen LogP contribution in [0.25, 0.3) is 0 Å². The first-order valence-corrected chi connectivity index (χ1v) is 7.43. The fourth-order valence-corrected chi connectivity index (χ4v) is 2.78. The molecule has 0 aromatic rings. The lowest BCUT2D eigenvalue weighted by molar-refractivity contribution is 0.0284. The molecule has 1 fully saturated rings. The molecule has 0 bridgehead atoms. The Balaban J connectivity index is 2.70. The maximum atomic E-state index is 13.4. The Hall–Kier alpha value is -0.560. The summed E-state index contributed by atoms with van der Waals surface area (Å²) in [5.41, 5.74) is -0.708. The highest BCUT2D eigenvalue weighted by molar-refractivity contribution is 8.14. The highest BCUT2D eigenvalue weighted by Gasteiger charge is 2.43. The third kappa shape index (κ3) is 3.99. The van der Waals surface area contributed by atoms with Gasteiger partial charge in [0.05, 0.1) is 6.54 Å². The van der Waals surface area contributed by atoms with E-state index in [1.165, 1.54) is 0 Å². The number of rotatable bonds is 1. The fraction of sp³-hybridized carbons (Fsp3) is 0.889. The van der Waals surface area contributed by atoms with Gasteiger partial charge in [-0.2, -0.15) is 0 Å². The van der Waals surface area contributed by atoms with Crippen molar-refractivity contribution < 1.29 is 22.3 Å².